The standard InChI is InChI=1S/C11H14ClNO3/c1-6(2-3-13)7-4-8-11(16-5-15-8)9(12)10(7)14/h4,6,14H,2-3,5,13H2,1H3. The van der Waals surface area contributed by atoms with E-state index in [1.807, 2.05) is 6.92 Å². The predicted octanol–water partition coefficient (Wildman–Crippen LogP) is 2.23. The lowest BCUT2D eigenvalue weighted by Crippen LogP contribution is -2.05. The number of halogens is 1. The van der Waals surface area contributed by atoms with Gasteiger partial charge in [0.2, 0.25) is 6.79 Å². The first-order valence-electron chi connectivity index (χ1n) is 5.16. The van der Waals surface area contributed by atoms with Crippen molar-refractivity contribution in [3.05, 3.63) is 16.7 Å². The molecule has 0 radical (unpaired) electrons. The predicted molar refractivity (Wildman–Crippen MR) is 61.3 cm³/mol. The van der Waals surface area contributed by atoms with E-state index in [1.165, 1.54) is 0 Å². The van der Waals surface area contributed by atoms with Crippen LogP contribution in [0.15, 0.2) is 6.07 Å². The van der Waals surface area contributed by atoms with Gasteiger partial charge in [0.25, 0.3) is 0 Å². The average molecular weight is 244 g/mol. The number of aromatic hydroxyl groups is 1. The Labute approximate surface area is 98.9 Å². The van der Waals surface area contributed by atoms with Crippen molar-refractivity contribution in [2.45, 2.75) is 19.3 Å². The summed E-state index contributed by atoms with van der Waals surface area (Å²) >= 11 is 6.00. The molecule has 0 fully saturated rings. The van der Waals surface area contributed by atoms with Crippen LogP contribution in [0.3, 0.4) is 0 Å². The second kappa shape index (κ2) is 4.39. The number of hydrogen-bond acceptors (Lipinski definition) is 4. The molecule has 1 aromatic carbocycles. The number of phenols is 1. The highest BCUT2D eigenvalue weighted by Crippen LogP contribution is 2.48. The van der Waals surface area contributed by atoms with Gasteiger partial charge in [-0.15, -0.1) is 0 Å². The van der Waals surface area contributed by atoms with Gasteiger partial charge in [-0.25, -0.2) is 0 Å². The van der Waals surface area contributed by atoms with Crippen LogP contribution < -0.4 is 15.2 Å². The van der Waals surface area contributed by atoms with Crippen molar-refractivity contribution in [2.24, 2.45) is 5.73 Å². The highest BCUT2D eigenvalue weighted by molar-refractivity contribution is 6.34. The van der Waals surface area contributed by atoms with Crippen molar-refractivity contribution in [1.29, 1.82) is 0 Å². The molecule has 1 heterocycles. The van der Waals surface area contributed by atoms with Crippen molar-refractivity contribution in [3.63, 3.8) is 0 Å². The SMILES string of the molecule is CC(CCN)c1cc2c(c(Cl)c1O)OCO2. The molecule has 1 aliphatic rings. The van der Waals surface area contributed by atoms with Gasteiger partial charge in [0.05, 0.1) is 0 Å². The summed E-state index contributed by atoms with van der Waals surface area (Å²) in [6.07, 6.45) is 0.781. The van der Waals surface area contributed by atoms with E-state index in [0.717, 1.165) is 12.0 Å². The van der Waals surface area contributed by atoms with Crippen molar-refractivity contribution in [1.82, 2.24) is 0 Å². The summed E-state index contributed by atoms with van der Waals surface area (Å²) in [5.41, 5.74) is 6.25. The minimum absolute atomic E-state index is 0.0619. The number of ether oxygens (including phenoxy) is 2. The van der Waals surface area contributed by atoms with Gasteiger partial charge in [0.1, 0.15) is 10.8 Å². The molecule has 16 heavy (non-hydrogen) atoms. The number of hydrogen-bond donors (Lipinski definition) is 2. The van der Waals surface area contributed by atoms with E-state index in [0.29, 0.717) is 18.0 Å². The Kier molecular flexibility index (Phi) is 3.12. The Balaban J connectivity index is 2.43. The lowest BCUT2D eigenvalue weighted by atomic mass is 9.96. The van der Waals surface area contributed by atoms with Gasteiger partial charge in [0, 0.05) is 5.56 Å². The van der Waals surface area contributed by atoms with Gasteiger partial charge in [0.15, 0.2) is 11.5 Å². The van der Waals surface area contributed by atoms with Crippen molar-refractivity contribution in [3.8, 4) is 17.2 Å². The second-order valence-corrected chi connectivity index (χ2v) is 4.22. The third-order valence-electron chi connectivity index (χ3n) is 2.74. The topological polar surface area (TPSA) is 64.7 Å². The second-order valence-electron chi connectivity index (χ2n) is 3.84. The Morgan fingerprint density at radius 2 is 2.31 bits per heavy atom. The van der Waals surface area contributed by atoms with Gasteiger partial charge in [-0.05, 0) is 24.9 Å². The van der Waals surface area contributed by atoms with E-state index >= 15 is 0 Å². The molecule has 2 rings (SSSR count). The van der Waals surface area contributed by atoms with E-state index in [-0.39, 0.29) is 23.5 Å². The van der Waals surface area contributed by atoms with E-state index in [4.69, 9.17) is 26.8 Å². The molecule has 0 bridgehead atoms. The first kappa shape index (κ1) is 11.4. The molecule has 0 aliphatic carbocycles. The van der Waals surface area contributed by atoms with Crippen LogP contribution >= 0.6 is 11.6 Å². The summed E-state index contributed by atoms with van der Waals surface area (Å²) in [5.74, 6) is 1.20. The maximum atomic E-state index is 9.95. The first-order chi connectivity index (χ1) is 7.65. The molecular formula is C11H14ClNO3. The van der Waals surface area contributed by atoms with Gasteiger partial charge >= 0.3 is 0 Å². The van der Waals surface area contributed by atoms with E-state index in [9.17, 15) is 5.11 Å². The van der Waals surface area contributed by atoms with Crippen molar-refractivity contribution >= 4 is 11.6 Å². The molecule has 3 N–H and O–H groups in total. The van der Waals surface area contributed by atoms with Crippen LogP contribution in [0.1, 0.15) is 24.8 Å². The van der Waals surface area contributed by atoms with E-state index in [1.54, 1.807) is 6.07 Å². The first-order valence-corrected chi connectivity index (χ1v) is 5.54. The van der Waals surface area contributed by atoms with Crippen LogP contribution in [-0.2, 0) is 0 Å². The zero-order valence-corrected chi connectivity index (χ0v) is 9.75. The molecule has 1 unspecified atom stereocenters. The van der Waals surface area contributed by atoms with Crippen LogP contribution in [-0.4, -0.2) is 18.4 Å². The molecule has 88 valence electrons. The van der Waals surface area contributed by atoms with Crippen LogP contribution in [0.2, 0.25) is 5.02 Å². The molecule has 1 aromatic rings. The van der Waals surface area contributed by atoms with Crippen LogP contribution in [0.4, 0.5) is 0 Å². The zero-order valence-electron chi connectivity index (χ0n) is 9.00. The Morgan fingerprint density at radius 1 is 1.56 bits per heavy atom. The summed E-state index contributed by atoms with van der Waals surface area (Å²) in [5, 5.41) is 10.2. The summed E-state index contributed by atoms with van der Waals surface area (Å²) in [4.78, 5) is 0. The lowest BCUT2D eigenvalue weighted by Gasteiger charge is -2.14. The fourth-order valence-corrected chi connectivity index (χ4v) is 2.05. The highest BCUT2D eigenvalue weighted by Gasteiger charge is 2.24. The Hall–Kier alpha value is -1.13. The average Bonchev–Trinajstić information content (AvgIpc) is 2.71. The maximum Gasteiger partial charge on any atom is 0.231 e. The number of benzene rings is 1. The number of fused-ring (bicyclic) bond motifs is 1. The van der Waals surface area contributed by atoms with Gasteiger partial charge in [-0.1, -0.05) is 18.5 Å². The van der Waals surface area contributed by atoms with Crippen LogP contribution in [0, 0.1) is 0 Å². The minimum Gasteiger partial charge on any atom is -0.506 e. The molecule has 1 aliphatic heterocycles. The molecular weight excluding hydrogens is 230 g/mol. The number of nitrogens with two attached hydrogens (primary N) is 1. The van der Waals surface area contributed by atoms with E-state index in [2.05, 4.69) is 0 Å². The summed E-state index contributed by atoms with van der Waals surface area (Å²) in [6, 6.07) is 1.77. The van der Waals surface area contributed by atoms with Crippen molar-refractivity contribution < 1.29 is 14.6 Å². The summed E-state index contributed by atoms with van der Waals surface area (Å²) in [7, 11) is 0. The zero-order chi connectivity index (χ0) is 11.7. The van der Waals surface area contributed by atoms with Crippen LogP contribution in [0.5, 0.6) is 17.2 Å². The minimum atomic E-state index is 0.0619. The van der Waals surface area contributed by atoms with E-state index < -0.39 is 0 Å². The number of phenolic OH excluding ortho intramolecular Hbond substituents is 1. The Morgan fingerprint density at radius 3 is 3.00 bits per heavy atom. The fraction of sp³-hybridized carbons (Fsp3) is 0.455. The smallest absolute Gasteiger partial charge is 0.231 e. The lowest BCUT2D eigenvalue weighted by molar-refractivity contribution is 0.174. The molecule has 4 nitrogen and oxygen atoms in total. The molecule has 0 saturated heterocycles. The molecule has 0 saturated carbocycles. The Bertz CT molecular complexity index is 409. The third kappa shape index (κ3) is 1.79. The molecule has 1 atom stereocenters. The quantitative estimate of drug-likeness (QED) is 0.855. The third-order valence-corrected chi connectivity index (χ3v) is 3.09. The monoisotopic (exact) mass is 243 g/mol. The molecule has 0 amide bonds. The maximum absolute atomic E-state index is 9.95. The van der Waals surface area contributed by atoms with Crippen LogP contribution in [0.25, 0.3) is 0 Å². The van der Waals surface area contributed by atoms with Gasteiger partial charge in [-0.2, -0.15) is 0 Å². The largest absolute Gasteiger partial charge is 0.506 e. The highest BCUT2D eigenvalue weighted by atomic mass is 35.5. The molecule has 0 spiro atoms. The number of rotatable bonds is 3. The van der Waals surface area contributed by atoms with Crippen molar-refractivity contribution in [2.75, 3.05) is 13.3 Å². The summed E-state index contributed by atoms with van der Waals surface area (Å²) in [6.45, 7) is 2.69. The normalized spacial score (nSPS) is 15.2. The molecule has 0 aromatic heterocycles. The summed E-state index contributed by atoms with van der Waals surface area (Å²) < 4.78 is 10.4. The molecule has 5 heteroatoms. The van der Waals surface area contributed by atoms with Gasteiger partial charge < -0.3 is 20.3 Å². The fourth-order valence-electron chi connectivity index (χ4n) is 1.79. The van der Waals surface area contributed by atoms with Gasteiger partial charge in [-0.3, -0.25) is 0 Å².